The second kappa shape index (κ2) is 3.09. The number of rotatable bonds is 2. The van der Waals surface area contributed by atoms with Crippen LogP contribution in [0.5, 0.6) is 0 Å². The van der Waals surface area contributed by atoms with Gasteiger partial charge in [0.05, 0.1) is 12.4 Å². The molecule has 0 N–H and O–H groups in total. The highest BCUT2D eigenvalue weighted by atomic mass is 16.5. The van der Waals surface area contributed by atoms with Crippen LogP contribution in [0.25, 0.3) is 0 Å². The van der Waals surface area contributed by atoms with E-state index in [4.69, 9.17) is 4.74 Å². The molecule has 0 radical (unpaired) electrons. The van der Waals surface area contributed by atoms with Crippen molar-refractivity contribution in [2.45, 2.75) is 27.2 Å². The highest BCUT2D eigenvalue weighted by molar-refractivity contribution is 5.00. The van der Waals surface area contributed by atoms with Gasteiger partial charge in [0.25, 0.3) is 0 Å². The molecule has 0 aromatic rings. The Morgan fingerprint density at radius 3 is 2.90 bits per heavy atom. The molecule has 1 aliphatic heterocycles. The van der Waals surface area contributed by atoms with E-state index in [1.165, 1.54) is 6.42 Å². The van der Waals surface area contributed by atoms with E-state index in [-0.39, 0.29) is 0 Å². The number of hydrogen-bond acceptors (Lipinski definition) is 1. The Kier molecular flexibility index (Phi) is 2.36. The zero-order chi connectivity index (χ0) is 7.56. The molecule has 10 heavy (non-hydrogen) atoms. The molecule has 1 heteroatoms. The molecule has 0 aliphatic carbocycles. The van der Waals surface area contributed by atoms with E-state index in [0.717, 1.165) is 18.3 Å². The topological polar surface area (TPSA) is 9.23 Å². The van der Waals surface area contributed by atoms with Crippen molar-refractivity contribution >= 4 is 0 Å². The van der Waals surface area contributed by atoms with Crippen molar-refractivity contribution < 1.29 is 4.74 Å². The third-order valence-electron chi connectivity index (χ3n) is 2.33. The van der Waals surface area contributed by atoms with Crippen LogP contribution in [-0.4, -0.2) is 6.61 Å². The lowest BCUT2D eigenvalue weighted by Crippen LogP contribution is -2.09. The highest BCUT2D eigenvalue weighted by Gasteiger charge is 2.19. The van der Waals surface area contributed by atoms with Crippen LogP contribution in [-0.2, 0) is 4.74 Å². The summed E-state index contributed by atoms with van der Waals surface area (Å²) < 4.78 is 5.35. The Balaban J connectivity index is 2.44. The molecule has 1 nitrogen and oxygen atoms in total. The van der Waals surface area contributed by atoms with Crippen molar-refractivity contribution in [1.82, 2.24) is 0 Å². The first-order valence-corrected chi connectivity index (χ1v) is 4.05. The average molecular weight is 140 g/mol. The minimum absolute atomic E-state index is 0.671. The van der Waals surface area contributed by atoms with Crippen molar-refractivity contribution in [3.8, 4) is 0 Å². The van der Waals surface area contributed by atoms with E-state index in [1.54, 1.807) is 0 Å². The Labute approximate surface area is 63.1 Å². The van der Waals surface area contributed by atoms with Crippen LogP contribution in [0, 0.1) is 11.8 Å². The molecule has 0 aromatic carbocycles. The summed E-state index contributed by atoms with van der Waals surface area (Å²) >= 11 is 0. The molecule has 1 heterocycles. The number of hydrogen-bond donors (Lipinski definition) is 0. The van der Waals surface area contributed by atoms with Crippen LogP contribution >= 0.6 is 0 Å². The largest absolute Gasteiger partial charge is 0.498 e. The van der Waals surface area contributed by atoms with E-state index >= 15 is 0 Å². The molecule has 1 unspecified atom stereocenters. The molecule has 0 spiro atoms. The molecular weight excluding hydrogens is 124 g/mol. The monoisotopic (exact) mass is 140 g/mol. The zero-order valence-corrected chi connectivity index (χ0v) is 7.05. The summed E-state index contributed by atoms with van der Waals surface area (Å²) in [5.41, 5.74) is 0. The van der Waals surface area contributed by atoms with Gasteiger partial charge in [-0.2, -0.15) is 0 Å². The molecular formula is C9H16O. The van der Waals surface area contributed by atoms with Crippen molar-refractivity contribution in [3.05, 3.63) is 11.8 Å². The molecule has 58 valence electrons. The van der Waals surface area contributed by atoms with Gasteiger partial charge in [-0.15, -0.1) is 0 Å². The van der Waals surface area contributed by atoms with Gasteiger partial charge in [-0.1, -0.05) is 20.3 Å². The maximum atomic E-state index is 5.35. The van der Waals surface area contributed by atoms with Crippen LogP contribution < -0.4 is 0 Å². The summed E-state index contributed by atoms with van der Waals surface area (Å²) in [4.78, 5) is 0. The van der Waals surface area contributed by atoms with Crippen molar-refractivity contribution in [3.63, 3.8) is 0 Å². The smallest absolute Gasteiger partial charge is 0.0943 e. The molecule has 0 fully saturated rings. The number of allylic oxidation sites excluding steroid dienone is 1. The highest BCUT2D eigenvalue weighted by Crippen LogP contribution is 2.24. The lowest BCUT2D eigenvalue weighted by molar-refractivity contribution is 0.197. The van der Waals surface area contributed by atoms with Gasteiger partial charge in [-0.05, 0) is 18.9 Å². The quantitative estimate of drug-likeness (QED) is 0.573. The summed E-state index contributed by atoms with van der Waals surface area (Å²) in [5, 5.41) is 0. The van der Waals surface area contributed by atoms with Crippen LogP contribution in [0.4, 0.5) is 0 Å². The molecule has 1 aliphatic rings. The van der Waals surface area contributed by atoms with Gasteiger partial charge in [-0.3, -0.25) is 0 Å². The fraction of sp³-hybridized carbons (Fsp3) is 0.778. The van der Waals surface area contributed by atoms with Gasteiger partial charge >= 0.3 is 0 Å². The lowest BCUT2D eigenvalue weighted by Gasteiger charge is -2.12. The summed E-state index contributed by atoms with van der Waals surface area (Å²) in [7, 11) is 0. The lowest BCUT2D eigenvalue weighted by atomic mass is 9.93. The van der Waals surface area contributed by atoms with E-state index in [0.29, 0.717) is 5.92 Å². The Hall–Kier alpha value is -0.460. The van der Waals surface area contributed by atoms with Crippen molar-refractivity contribution in [2.75, 3.05) is 6.61 Å². The minimum atomic E-state index is 0.671. The van der Waals surface area contributed by atoms with E-state index in [1.807, 2.05) is 6.92 Å². The second-order valence-electron chi connectivity index (χ2n) is 3.14. The Morgan fingerprint density at radius 2 is 2.50 bits per heavy atom. The van der Waals surface area contributed by atoms with Gasteiger partial charge in [0, 0.05) is 5.92 Å². The van der Waals surface area contributed by atoms with Crippen molar-refractivity contribution in [1.29, 1.82) is 0 Å². The first-order chi connectivity index (χ1) is 4.74. The SMILES string of the molecule is CCC(C)[C@@H]1C=C(C)OC1. The van der Waals surface area contributed by atoms with Crippen molar-refractivity contribution in [2.24, 2.45) is 11.8 Å². The van der Waals surface area contributed by atoms with E-state index in [2.05, 4.69) is 19.9 Å². The minimum Gasteiger partial charge on any atom is -0.498 e. The maximum Gasteiger partial charge on any atom is 0.0943 e. The van der Waals surface area contributed by atoms with E-state index in [9.17, 15) is 0 Å². The third kappa shape index (κ3) is 1.53. The van der Waals surface area contributed by atoms with Gasteiger partial charge < -0.3 is 4.74 Å². The van der Waals surface area contributed by atoms with Crippen LogP contribution in [0.3, 0.4) is 0 Å². The summed E-state index contributed by atoms with van der Waals surface area (Å²) in [6.45, 7) is 7.44. The normalized spacial score (nSPS) is 27.5. The van der Waals surface area contributed by atoms with Crippen LogP contribution in [0.2, 0.25) is 0 Å². The van der Waals surface area contributed by atoms with Gasteiger partial charge in [-0.25, -0.2) is 0 Å². The summed E-state index contributed by atoms with van der Waals surface area (Å²) in [6.07, 6.45) is 3.49. The fourth-order valence-corrected chi connectivity index (χ4v) is 1.26. The first kappa shape index (κ1) is 7.64. The molecule has 0 bridgehead atoms. The molecule has 0 saturated heterocycles. The Morgan fingerprint density at radius 1 is 1.80 bits per heavy atom. The zero-order valence-electron chi connectivity index (χ0n) is 7.05. The van der Waals surface area contributed by atoms with Gasteiger partial charge in [0.15, 0.2) is 0 Å². The third-order valence-corrected chi connectivity index (χ3v) is 2.33. The second-order valence-corrected chi connectivity index (χ2v) is 3.14. The van der Waals surface area contributed by atoms with Crippen LogP contribution in [0.1, 0.15) is 27.2 Å². The maximum absolute atomic E-state index is 5.35. The molecule has 1 rings (SSSR count). The average Bonchev–Trinajstić information content (AvgIpc) is 2.34. The molecule has 0 saturated carbocycles. The predicted molar refractivity (Wildman–Crippen MR) is 42.7 cm³/mol. The fourth-order valence-electron chi connectivity index (χ4n) is 1.26. The molecule has 0 aromatic heterocycles. The summed E-state index contributed by atoms with van der Waals surface area (Å²) in [6, 6.07) is 0. The number of ether oxygens (including phenoxy) is 1. The first-order valence-electron chi connectivity index (χ1n) is 4.05. The van der Waals surface area contributed by atoms with Gasteiger partial charge in [0.2, 0.25) is 0 Å². The predicted octanol–water partition coefficient (Wildman–Crippen LogP) is 2.58. The van der Waals surface area contributed by atoms with Crippen LogP contribution in [0.15, 0.2) is 11.8 Å². The molecule has 2 atom stereocenters. The summed E-state index contributed by atoms with van der Waals surface area (Å²) in [5.74, 6) is 2.55. The molecule has 0 amide bonds. The van der Waals surface area contributed by atoms with E-state index < -0.39 is 0 Å². The van der Waals surface area contributed by atoms with Gasteiger partial charge in [0.1, 0.15) is 0 Å². The Bertz CT molecular complexity index is 138. The standard InChI is InChI=1S/C9H16O/c1-4-7(2)9-5-8(3)10-6-9/h5,7,9H,4,6H2,1-3H3/t7?,9-/m1/s1.